The quantitative estimate of drug-likeness (QED) is 0.736. The third kappa shape index (κ3) is 3.96. The first kappa shape index (κ1) is 14.9. The van der Waals surface area contributed by atoms with Crippen molar-refractivity contribution in [1.82, 2.24) is 4.98 Å². The minimum Gasteiger partial charge on any atom is -0.328 e. The molecule has 106 valence electrons. The fourth-order valence-corrected chi connectivity index (χ4v) is 1.79. The van der Waals surface area contributed by atoms with E-state index in [4.69, 9.17) is 17.3 Å². The maximum absolute atomic E-state index is 12.1. The second kappa shape index (κ2) is 6.75. The van der Waals surface area contributed by atoms with Crippen molar-refractivity contribution in [3.05, 3.63) is 63.0 Å². The summed E-state index contributed by atoms with van der Waals surface area (Å²) in [6, 6.07) is 7.70. The summed E-state index contributed by atoms with van der Waals surface area (Å²) in [5.74, 6) is 5.21. The number of carbonyl (C=O) groups is 1. The minimum absolute atomic E-state index is 0.218. The lowest BCUT2D eigenvalue weighted by atomic mass is 10.1. The van der Waals surface area contributed by atoms with Gasteiger partial charge in [0.05, 0.1) is 17.8 Å². The molecule has 0 saturated carbocycles. The van der Waals surface area contributed by atoms with Gasteiger partial charge in [0.15, 0.2) is 0 Å². The van der Waals surface area contributed by atoms with E-state index in [1.807, 2.05) is 0 Å². The van der Waals surface area contributed by atoms with Crippen LogP contribution in [0, 0.1) is 11.8 Å². The molecule has 0 radical (unpaired) electrons. The van der Waals surface area contributed by atoms with E-state index in [9.17, 15) is 9.59 Å². The molecular weight excluding hydrogens is 290 g/mol. The Bertz CT molecular complexity index is 767. The first-order valence-electron chi connectivity index (χ1n) is 6.09. The number of amides is 1. The number of nitrogens with two attached hydrogens (primary N) is 1. The maximum Gasteiger partial charge on any atom is 0.257 e. The van der Waals surface area contributed by atoms with Crippen molar-refractivity contribution in [3.63, 3.8) is 0 Å². The minimum atomic E-state index is -0.371. The Labute approximate surface area is 126 Å². The lowest BCUT2D eigenvalue weighted by molar-refractivity contribution is 0.102. The molecule has 0 atom stereocenters. The van der Waals surface area contributed by atoms with Gasteiger partial charge in [-0.1, -0.05) is 23.4 Å². The lowest BCUT2D eigenvalue weighted by Crippen LogP contribution is -2.15. The van der Waals surface area contributed by atoms with E-state index in [1.54, 1.807) is 18.2 Å². The number of benzene rings is 1. The Balaban J connectivity index is 2.29. The molecule has 21 heavy (non-hydrogen) atoms. The van der Waals surface area contributed by atoms with Crippen LogP contribution in [0.3, 0.4) is 0 Å². The van der Waals surface area contributed by atoms with Gasteiger partial charge in [0.2, 0.25) is 5.56 Å². The van der Waals surface area contributed by atoms with Crippen LogP contribution in [-0.4, -0.2) is 17.4 Å². The Morgan fingerprint density at radius 3 is 2.81 bits per heavy atom. The standard InChI is InChI=1S/C15H12ClN3O2/c16-12-5-3-10(2-1-7-17)13(8-12)19-15(21)11-4-6-14(20)18-9-11/h3-6,8-9H,7,17H2,(H,18,20)(H,19,21). The highest BCUT2D eigenvalue weighted by molar-refractivity contribution is 6.31. The van der Waals surface area contributed by atoms with E-state index >= 15 is 0 Å². The van der Waals surface area contributed by atoms with Gasteiger partial charge in [-0.25, -0.2) is 0 Å². The van der Waals surface area contributed by atoms with E-state index in [1.165, 1.54) is 18.3 Å². The van der Waals surface area contributed by atoms with Gasteiger partial charge in [0, 0.05) is 22.8 Å². The molecule has 0 unspecified atom stereocenters. The third-order valence-corrected chi connectivity index (χ3v) is 2.84. The summed E-state index contributed by atoms with van der Waals surface area (Å²) in [6.45, 7) is 0.218. The van der Waals surface area contributed by atoms with Gasteiger partial charge in [-0.3, -0.25) is 9.59 Å². The van der Waals surface area contributed by atoms with Gasteiger partial charge in [0.25, 0.3) is 5.91 Å². The summed E-state index contributed by atoms with van der Waals surface area (Å²) in [4.78, 5) is 25.5. The number of rotatable bonds is 2. The molecule has 0 spiro atoms. The number of carbonyl (C=O) groups excluding carboxylic acids is 1. The van der Waals surface area contributed by atoms with Crippen molar-refractivity contribution in [1.29, 1.82) is 0 Å². The maximum atomic E-state index is 12.1. The van der Waals surface area contributed by atoms with Crippen molar-refractivity contribution in [2.75, 3.05) is 11.9 Å². The zero-order chi connectivity index (χ0) is 15.2. The monoisotopic (exact) mass is 301 g/mol. The van der Waals surface area contributed by atoms with Gasteiger partial charge in [-0.05, 0) is 24.3 Å². The molecular formula is C15H12ClN3O2. The molecule has 0 saturated heterocycles. The molecule has 4 N–H and O–H groups in total. The highest BCUT2D eigenvalue weighted by atomic mass is 35.5. The lowest BCUT2D eigenvalue weighted by Gasteiger charge is -2.08. The Kier molecular flexibility index (Phi) is 4.77. The molecule has 2 rings (SSSR count). The second-order valence-electron chi connectivity index (χ2n) is 4.09. The van der Waals surface area contributed by atoms with Crippen LogP contribution >= 0.6 is 11.6 Å². The number of aromatic nitrogens is 1. The van der Waals surface area contributed by atoms with Crippen molar-refractivity contribution in [2.24, 2.45) is 5.73 Å². The number of hydrogen-bond acceptors (Lipinski definition) is 3. The summed E-state index contributed by atoms with van der Waals surface area (Å²) < 4.78 is 0. The van der Waals surface area contributed by atoms with Gasteiger partial charge in [-0.15, -0.1) is 0 Å². The summed E-state index contributed by atoms with van der Waals surface area (Å²) in [7, 11) is 0. The van der Waals surface area contributed by atoms with Crippen LogP contribution in [0.2, 0.25) is 5.02 Å². The fraction of sp³-hybridized carbons (Fsp3) is 0.0667. The molecule has 1 aromatic heterocycles. The smallest absolute Gasteiger partial charge is 0.257 e. The number of H-pyrrole nitrogens is 1. The number of nitrogens with one attached hydrogen (secondary N) is 2. The van der Waals surface area contributed by atoms with E-state index in [2.05, 4.69) is 22.1 Å². The zero-order valence-electron chi connectivity index (χ0n) is 10.9. The number of aromatic amines is 1. The highest BCUT2D eigenvalue weighted by Crippen LogP contribution is 2.21. The van der Waals surface area contributed by atoms with Crippen LogP contribution in [0.25, 0.3) is 0 Å². The van der Waals surface area contributed by atoms with Crippen LogP contribution in [0.15, 0.2) is 41.3 Å². The summed E-state index contributed by atoms with van der Waals surface area (Å²) in [5, 5.41) is 3.18. The van der Waals surface area contributed by atoms with Crippen molar-refractivity contribution < 1.29 is 4.79 Å². The molecule has 0 aliphatic rings. The molecule has 6 heteroatoms. The predicted octanol–water partition coefficient (Wildman–Crippen LogP) is 1.59. The highest BCUT2D eigenvalue weighted by Gasteiger charge is 2.09. The van der Waals surface area contributed by atoms with Crippen LogP contribution in [0.1, 0.15) is 15.9 Å². The first-order chi connectivity index (χ1) is 10.1. The summed E-state index contributed by atoms with van der Waals surface area (Å²) in [5.41, 5.74) is 6.49. The average Bonchev–Trinajstić information content (AvgIpc) is 2.47. The molecule has 0 fully saturated rings. The van der Waals surface area contributed by atoms with E-state index in [0.29, 0.717) is 21.8 Å². The topological polar surface area (TPSA) is 88.0 Å². The molecule has 1 amide bonds. The SMILES string of the molecule is NCC#Cc1ccc(Cl)cc1NC(=O)c1ccc(=O)[nH]c1. The molecule has 5 nitrogen and oxygen atoms in total. The van der Waals surface area contributed by atoms with Crippen LogP contribution in [0.4, 0.5) is 5.69 Å². The molecule has 0 bridgehead atoms. The van der Waals surface area contributed by atoms with E-state index in [0.717, 1.165) is 0 Å². The normalized spacial score (nSPS) is 9.62. The van der Waals surface area contributed by atoms with Gasteiger partial charge < -0.3 is 16.0 Å². The Morgan fingerprint density at radius 1 is 1.33 bits per heavy atom. The van der Waals surface area contributed by atoms with Crippen LogP contribution in [-0.2, 0) is 0 Å². The number of pyridine rings is 1. The summed E-state index contributed by atoms with van der Waals surface area (Å²) >= 11 is 5.93. The Hall–Kier alpha value is -2.55. The zero-order valence-corrected chi connectivity index (χ0v) is 11.7. The van der Waals surface area contributed by atoms with Crippen molar-refractivity contribution >= 4 is 23.2 Å². The molecule has 0 aliphatic carbocycles. The molecule has 1 heterocycles. The number of anilines is 1. The number of hydrogen-bond donors (Lipinski definition) is 3. The summed E-state index contributed by atoms with van der Waals surface area (Å²) in [6.07, 6.45) is 1.34. The van der Waals surface area contributed by atoms with E-state index in [-0.39, 0.29) is 18.0 Å². The van der Waals surface area contributed by atoms with Gasteiger partial charge in [-0.2, -0.15) is 0 Å². The second-order valence-corrected chi connectivity index (χ2v) is 4.53. The van der Waals surface area contributed by atoms with Gasteiger partial charge >= 0.3 is 0 Å². The fourth-order valence-electron chi connectivity index (χ4n) is 1.62. The predicted molar refractivity (Wildman–Crippen MR) is 82.4 cm³/mol. The van der Waals surface area contributed by atoms with Crippen LogP contribution < -0.4 is 16.6 Å². The van der Waals surface area contributed by atoms with Crippen LogP contribution in [0.5, 0.6) is 0 Å². The number of halogens is 1. The van der Waals surface area contributed by atoms with Crippen molar-refractivity contribution in [2.45, 2.75) is 0 Å². The molecule has 2 aromatic rings. The molecule has 1 aromatic carbocycles. The average molecular weight is 302 g/mol. The largest absolute Gasteiger partial charge is 0.328 e. The van der Waals surface area contributed by atoms with Crippen molar-refractivity contribution in [3.8, 4) is 11.8 Å². The van der Waals surface area contributed by atoms with Gasteiger partial charge in [0.1, 0.15) is 0 Å². The Morgan fingerprint density at radius 2 is 2.14 bits per heavy atom. The van der Waals surface area contributed by atoms with E-state index < -0.39 is 0 Å². The molecule has 0 aliphatic heterocycles. The third-order valence-electron chi connectivity index (χ3n) is 2.60. The first-order valence-corrected chi connectivity index (χ1v) is 6.46.